The molecule has 0 spiro atoms. The Bertz CT molecular complexity index is 903. The summed E-state index contributed by atoms with van der Waals surface area (Å²) in [5.41, 5.74) is 3.66. The predicted molar refractivity (Wildman–Crippen MR) is 131 cm³/mol. The quantitative estimate of drug-likeness (QED) is 0.400. The number of carbonyl (C=O) groups excluding carboxylic acids is 1. The predicted octanol–water partition coefficient (Wildman–Crippen LogP) is 5.26. The summed E-state index contributed by atoms with van der Waals surface area (Å²) in [6.07, 6.45) is 7.98. The van der Waals surface area contributed by atoms with Gasteiger partial charge in [0.25, 0.3) is 0 Å². The molecule has 1 unspecified atom stereocenters. The van der Waals surface area contributed by atoms with Gasteiger partial charge in [-0.25, -0.2) is 0 Å². The maximum Gasteiger partial charge on any atom is 0.227 e. The van der Waals surface area contributed by atoms with E-state index in [-0.39, 0.29) is 11.9 Å². The van der Waals surface area contributed by atoms with Crippen molar-refractivity contribution in [3.8, 4) is 5.75 Å². The highest BCUT2D eigenvalue weighted by Gasteiger charge is 2.27. The summed E-state index contributed by atoms with van der Waals surface area (Å²) in [4.78, 5) is 16.9. The van der Waals surface area contributed by atoms with Gasteiger partial charge in [0.1, 0.15) is 5.75 Å². The van der Waals surface area contributed by atoms with Crippen LogP contribution in [-0.4, -0.2) is 43.1 Å². The standard InChI is InChI=1S/C28H36N2O2/c1-3-22(2)30-27-21-26(12-10-25(27)11-13-28(30)31)32-19-7-16-29-17-14-24(15-18-29)20-23-8-5-4-6-9-23/h3-6,8-10,12,21-22,24H,1,7,11,13-20H2,2H3. The lowest BCUT2D eigenvalue weighted by Gasteiger charge is -2.33. The molecule has 2 heterocycles. The second kappa shape index (κ2) is 10.8. The number of piperidine rings is 1. The smallest absolute Gasteiger partial charge is 0.227 e. The highest BCUT2D eigenvalue weighted by atomic mass is 16.5. The number of hydrogen-bond donors (Lipinski definition) is 0. The van der Waals surface area contributed by atoms with E-state index in [4.69, 9.17) is 4.74 Å². The van der Waals surface area contributed by atoms with Gasteiger partial charge >= 0.3 is 0 Å². The Labute approximate surface area is 192 Å². The molecule has 0 saturated carbocycles. The van der Waals surface area contributed by atoms with Crippen LogP contribution in [-0.2, 0) is 17.6 Å². The van der Waals surface area contributed by atoms with E-state index in [9.17, 15) is 4.79 Å². The molecule has 2 aromatic carbocycles. The van der Waals surface area contributed by atoms with Crippen molar-refractivity contribution in [3.63, 3.8) is 0 Å². The molecular formula is C28H36N2O2. The number of benzene rings is 2. The number of aryl methyl sites for hydroxylation is 1. The molecule has 32 heavy (non-hydrogen) atoms. The summed E-state index contributed by atoms with van der Waals surface area (Å²) < 4.78 is 6.07. The average Bonchev–Trinajstić information content (AvgIpc) is 2.83. The van der Waals surface area contributed by atoms with Crippen molar-refractivity contribution < 1.29 is 9.53 Å². The molecule has 1 atom stereocenters. The monoisotopic (exact) mass is 432 g/mol. The molecule has 0 N–H and O–H groups in total. The van der Waals surface area contributed by atoms with E-state index >= 15 is 0 Å². The van der Waals surface area contributed by atoms with Crippen LogP contribution < -0.4 is 9.64 Å². The SMILES string of the molecule is C=CC(C)N1C(=O)CCc2ccc(OCCCN3CCC(Cc4ccccc4)CC3)cc21. The lowest BCUT2D eigenvalue weighted by molar-refractivity contribution is -0.119. The second-order valence-electron chi connectivity index (χ2n) is 9.21. The van der Waals surface area contributed by atoms with Crippen molar-refractivity contribution in [1.82, 2.24) is 4.90 Å². The van der Waals surface area contributed by atoms with Crippen LogP contribution in [0.1, 0.15) is 43.7 Å². The maximum atomic E-state index is 12.5. The fourth-order valence-electron chi connectivity index (χ4n) is 4.96. The molecule has 2 aliphatic rings. The van der Waals surface area contributed by atoms with E-state index in [1.165, 1.54) is 43.5 Å². The first-order chi connectivity index (χ1) is 15.6. The molecule has 170 valence electrons. The van der Waals surface area contributed by atoms with Crippen LogP contribution in [0.15, 0.2) is 61.2 Å². The number of amides is 1. The Morgan fingerprint density at radius 2 is 1.91 bits per heavy atom. The minimum atomic E-state index is -0.0124. The molecule has 0 aliphatic carbocycles. The number of fused-ring (bicyclic) bond motifs is 1. The van der Waals surface area contributed by atoms with Crippen molar-refractivity contribution in [2.45, 2.75) is 51.5 Å². The first-order valence-electron chi connectivity index (χ1n) is 12.1. The van der Waals surface area contributed by atoms with Crippen molar-refractivity contribution in [2.24, 2.45) is 5.92 Å². The molecule has 1 saturated heterocycles. The van der Waals surface area contributed by atoms with Gasteiger partial charge in [-0.3, -0.25) is 4.79 Å². The van der Waals surface area contributed by atoms with Crippen molar-refractivity contribution in [3.05, 3.63) is 72.3 Å². The Hall–Kier alpha value is -2.59. The minimum Gasteiger partial charge on any atom is -0.493 e. The van der Waals surface area contributed by atoms with Crippen LogP contribution in [0.4, 0.5) is 5.69 Å². The lowest BCUT2D eigenvalue weighted by atomic mass is 9.90. The van der Waals surface area contributed by atoms with Gasteiger partial charge in [0.15, 0.2) is 0 Å². The Morgan fingerprint density at radius 1 is 1.12 bits per heavy atom. The average molecular weight is 433 g/mol. The van der Waals surface area contributed by atoms with Crippen LogP contribution in [0.5, 0.6) is 5.75 Å². The summed E-state index contributed by atoms with van der Waals surface area (Å²) >= 11 is 0. The first-order valence-corrected chi connectivity index (χ1v) is 12.1. The number of likely N-dealkylation sites (tertiary alicyclic amines) is 1. The third-order valence-electron chi connectivity index (χ3n) is 6.90. The summed E-state index contributed by atoms with van der Waals surface area (Å²) in [5, 5.41) is 0. The van der Waals surface area contributed by atoms with Gasteiger partial charge in [-0.2, -0.15) is 0 Å². The molecular weight excluding hydrogens is 396 g/mol. The normalized spacial score (nSPS) is 18.3. The van der Waals surface area contributed by atoms with Gasteiger partial charge in [-0.15, -0.1) is 6.58 Å². The van der Waals surface area contributed by atoms with Gasteiger partial charge in [0, 0.05) is 19.0 Å². The van der Waals surface area contributed by atoms with Gasteiger partial charge in [0.2, 0.25) is 5.91 Å². The van der Waals surface area contributed by atoms with Crippen LogP contribution >= 0.6 is 0 Å². The highest BCUT2D eigenvalue weighted by molar-refractivity contribution is 5.97. The fraction of sp³-hybridized carbons (Fsp3) is 0.464. The maximum absolute atomic E-state index is 12.5. The third-order valence-corrected chi connectivity index (χ3v) is 6.90. The van der Waals surface area contributed by atoms with Gasteiger partial charge < -0.3 is 14.5 Å². The van der Waals surface area contributed by atoms with Gasteiger partial charge in [-0.05, 0) is 75.2 Å². The summed E-state index contributed by atoms with van der Waals surface area (Å²) in [6, 6.07) is 17.0. The number of ether oxygens (including phenoxy) is 1. The number of rotatable bonds is 9. The Morgan fingerprint density at radius 3 is 2.66 bits per heavy atom. The van der Waals surface area contributed by atoms with Gasteiger partial charge in [-0.1, -0.05) is 42.5 Å². The number of hydrogen-bond acceptors (Lipinski definition) is 3. The zero-order valence-electron chi connectivity index (χ0n) is 19.3. The number of anilines is 1. The molecule has 4 rings (SSSR count). The van der Waals surface area contributed by atoms with Crippen LogP contribution in [0.25, 0.3) is 0 Å². The first kappa shape index (κ1) is 22.6. The molecule has 1 amide bonds. The topological polar surface area (TPSA) is 32.8 Å². The zero-order valence-corrected chi connectivity index (χ0v) is 19.3. The van der Waals surface area contributed by atoms with Gasteiger partial charge in [0.05, 0.1) is 18.3 Å². The summed E-state index contributed by atoms with van der Waals surface area (Å²) in [7, 11) is 0. The third kappa shape index (κ3) is 5.60. The van der Waals surface area contributed by atoms with E-state index in [0.717, 1.165) is 36.7 Å². The second-order valence-corrected chi connectivity index (χ2v) is 9.21. The molecule has 4 nitrogen and oxygen atoms in total. The van der Waals surface area contributed by atoms with E-state index in [0.29, 0.717) is 13.0 Å². The minimum absolute atomic E-state index is 0.0124. The van der Waals surface area contributed by atoms with Crippen molar-refractivity contribution >= 4 is 11.6 Å². The fourth-order valence-corrected chi connectivity index (χ4v) is 4.96. The Balaban J connectivity index is 1.21. The van der Waals surface area contributed by atoms with E-state index in [1.807, 2.05) is 30.0 Å². The lowest BCUT2D eigenvalue weighted by Crippen LogP contribution is -2.40. The van der Waals surface area contributed by atoms with Crippen LogP contribution in [0, 0.1) is 5.92 Å². The summed E-state index contributed by atoms with van der Waals surface area (Å²) in [5.74, 6) is 1.82. The molecule has 1 fully saturated rings. The summed E-state index contributed by atoms with van der Waals surface area (Å²) in [6.45, 7) is 10.0. The molecule has 0 bridgehead atoms. The Kier molecular flexibility index (Phi) is 7.64. The molecule has 4 heteroatoms. The largest absolute Gasteiger partial charge is 0.493 e. The molecule has 0 aromatic heterocycles. The molecule has 0 radical (unpaired) electrons. The highest BCUT2D eigenvalue weighted by Crippen LogP contribution is 2.33. The van der Waals surface area contributed by atoms with E-state index in [1.54, 1.807) is 0 Å². The molecule has 2 aliphatic heterocycles. The van der Waals surface area contributed by atoms with Crippen LogP contribution in [0.3, 0.4) is 0 Å². The van der Waals surface area contributed by atoms with Crippen LogP contribution in [0.2, 0.25) is 0 Å². The molecule has 2 aromatic rings. The number of carbonyl (C=O) groups is 1. The van der Waals surface area contributed by atoms with E-state index < -0.39 is 0 Å². The number of nitrogens with zero attached hydrogens (tertiary/aromatic N) is 2. The van der Waals surface area contributed by atoms with Crippen molar-refractivity contribution in [2.75, 3.05) is 31.1 Å². The van der Waals surface area contributed by atoms with E-state index in [2.05, 4.69) is 47.9 Å². The zero-order chi connectivity index (χ0) is 22.3. The van der Waals surface area contributed by atoms with Crippen molar-refractivity contribution in [1.29, 1.82) is 0 Å².